The number of amides is 1. The van der Waals surface area contributed by atoms with Gasteiger partial charge in [0.25, 0.3) is 15.9 Å². The summed E-state index contributed by atoms with van der Waals surface area (Å²) in [5.41, 5.74) is -1.00. The van der Waals surface area contributed by atoms with Crippen molar-refractivity contribution in [2.24, 2.45) is 0 Å². The molecular formula is C13H22N2O5S. The first-order valence-corrected chi connectivity index (χ1v) is 8.07. The number of hydrogen-bond donors (Lipinski definition) is 2. The number of furan rings is 1. The molecule has 0 saturated carbocycles. The van der Waals surface area contributed by atoms with Gasteiger partial charge in [0, 0.05) is 20.6 Å². The topological polar surface area (TPSA) is 99.8 Å². The van der Waals surface area contributed by atoms with Crippen LogP contribution in [0.25, 0.3) is 0 Å². The summed E-state index contributed by atoms with van der Waals surface area (Å²) < 4.78 is 29.7. The number of carbonyl (C=O) groups is 1. The number of aliphatic hydroxyl groups is 1. The lowest BCUT2D eigenvalue weighted by atomic mass is 10.0. The van der Waals surface area contributed by atoms with Gasteiger partial charge in [0.05, 0.1) is 5.60 Å². The minimum atomic E-state index is -3.70. The fourth-order valence-electron chi connectivity index (χ4n) is 1.75. The summed E-state index contributed by atoms with van der Waals surface area (Å²) in [6.07, 6.45) is 1.33. The van der Waals surface area contributed by atoms with Crippen LogP contribution >= 0.6 is 0 Å². The molecule has 1 rings (SSSR count). The Morgan fingerprint density at radius 2 is 2.05 bits per heavy atom. The molecule has 1 heterocycles. The monoisotopic (exact) mass is 318 g/mol. The molecule has 0 aliphatic heterocycles. The molecule has 8 heteroatoms. The lowest BCUT2D eigenvalue weighted by Gasteiger charge is -2.22. The predicted octanol–water partition coefficient (Wildman–Crippen LogP) is 0.811. The van der Waals surface area contributed by atoms with E-state index >= 15 is 0 Å². The van der Waals surface area contributed by atoms with Gasteiger partial charge in [0.2, 0.25) is 5.09 Å². The predicted molar refractivity (Wildman–Crippen MR) is 77.4 cm³/mol. The van der Waals surface area contributed by atoms with Gasteiger partial charge in [-0.15, -0.1) is 0 Å². The highest BCUT2D eigenvalue weighted by atomic mass is 32.2. The smallest absolute Gasteiger partial charge is 0.287 e. The van der Waals surface area contributed by atoms with Crippen LogP contribution in [0.1, 0.15) is 37.2 Å². The van der Waals surface area contributed by atoms with E-state index in [1.807, 2.05) is 6.92 Å². The van der Waals surface area contributed by atoms with Gasteiger partial charge in [-0.1, -0.05) is 13.3 Å². The number of hydrogen-bond acceptors (Lipinski definition) is 5. The molecule has 1 amide bonds. The standard InChI is InChI=1S/C13H22N2O5S/c1-5-8-13(2,17)9-14-12(16)10-6-7-11(20-10)21(18,19)15(3)4/h6-7,17H,5,8-9H2,1-4H3,(H,14,16). The summed E-state index contributed by atoms with van der Waals surface area (Å²) in [5, 5.41) is 12.2. The Balaban J connectivity index is 2.76. The van der Waals surface area contributed by atoms with Crippen molar-refractivity contribution < 1.29 is 22.7 Å². The molecular weight excluding hydrogens is 296 g/mol. The van der Waals surface area contributed by atoms with Crippen molar-refractivity contribution in [1.82, 2.24) is 9.62 Å². The Bertz CT molecular complexity index is 589. The van der Waals surface area contributed by atoms with Gasteiger partial charge in [-0.3, -0.25) is 4.79 Å². The molecule has 1 atom stereocenters. The summed E-state index contributed by atoms with van der Waals surface area (Å²) in [7, 11) is -0.955. The summed E-state index contributed by atoms with van der Waals surface area (Å²) in [4.78, 5) is 11.9. The lowest BCUT2D eigenvalue weighted by Crippen LogP contribution is -2.40. The van der Waals surface area contributed by atoms with E-state index in [1.54, 1.807) is 6.92 Å². The van der Waals surface area contributed by atoms with Crippen LogP contribution in [-0.4, -0.2) is 50.0 Å². The van der Waals surface area contributed by atoms with Gasteiger partial charge in [0.15, 0.2) is 5.76 Å². The fraction of sp³-hybridized carbons (Fsp3) is 0.615. The quantitative estimate of drug-likeness (QED) is 0.775. The molecule has 0 bridgehead atoms. The van der Waals surface area contributed by atoms with Crippen molar-refractivity contribution in [2.45, 2.75) is 37.4 Å². The normalized spacial score (nSPS) is 15.0. The van der Waals surface area contributed by atoms with Crippen LogP contribution in [0.4, 0.5) is 0 Å². The van der Waals surface area contributed by atoms with Crippen LogP contribution in [0.15, 0.2) is 21.6 Å². The van der Waals surface area contributed by atoms with E-state index in [0.29, 0.717) is 6.42 Å². The molecule has 1 unspecified atom stereocenters. The number of nitrogens with one attached hydrogen (secondary N) is 1. The first kappa shape index (κ1) is 17.7. The first-order chi connectivity index (χ1) is 9.60. The van der Waals surface area contributed by atoms with Crippen molar-refractivity contribution in [2.75, 3.05) is 20.6 Å². The number of sulfonamides is 1. The van der Waals surface area contributed by atoms with Crippen LogP contribution in [0, 0.1) is 0 Å². The summed E-state index contributed by atoms with van der Waals surface area (Å²) in [6.45, 7) is 3.62. The maximum atomic E-state index is 11.9. The van der Waals surface area contributed by atoms with Crippen LogP contribution < -0.4 is 5.32 Å². The molecule has 2 N–H and O–H groups in total. The van der Waals surface area contributed by atoms with Crippen molar-refractivity contribution in [1.29, 1.82) is 0 Å². The molecule has 120 valence electrons. The highest BCUT2D eigenvalue weighted by molar-refractivity contribution is 7.88. The third kappa shape index (κ3) is 4.55. The molecule has 0 radical (unpaired) electrons. The van der Waals surface area contributed by atoms with Gasteiger partial charge < -0.3 is 14.8 Å². The highest BCUT2D eigenvalue weighted by Gasteiger charge is 2.25. The average molecular weight is 318 g/mol. The molecule has 0 saturated heterocycles. The average Bonchev–Trinajstić information content (AvgIpc) is 2.86. The zero-order valence-electron chi connectivity index (χ0n) is 12.7. The van der Waals surface area contributed by atoms with E-state index in [4.69, 9.17) is 4.42 Å². The van der Waals surface area contributed by atoms with E-state index in [2.05, 4.69) is 5.32 Å². The number of rotatable bonds is 7. The van der Waals surface area contributed by atoms with Gasteiger partial charge in [-0.25, -0.2) is 12.7 Å². The SMILES string of the molecule is CCCC(C)(O)CNC(=O)c1ccc(S(=O)(=O)N(C)C)o1. The maximum Gasteiger partial charge on any atom is 0.287 e. The van der Waals surface area contributed by atoms with E-state index in [9.17, 15) is 18.3 Å². The third-order valence-electron chi connectivity index (χ3n) is 2.96. The van der Waals surface area contributed by atoms with Crippen molar-refractivity contribution in [3.05, 3.63) is 17.9 Å². The zero-order chi connectivity index (χ0) is 16.3. The number of carbonyl (C=O) groups excluding carboxylic acids is 1. The fourth-order valence-corrected chi connectivity index (χ4v) is 2.54. The lowest BCUT2D eigenvalue weighted by molar-refractivity contribution is 0.0462. The molecule has 0 fully saturated rings. The largest absolute Gasteiger partial charge is 0.438 e. The van der Waals surface area contributed by atoms with Crippen molar-refractivity contribution in [3.63, 3.8) is 0 Å². The first-order valence-electron chi connectivity index (χ1n) is 6.63. The van der Waals surface area contributed by atoms with Gasteiger partial charge >= 0.3 is 0 Å². The Morgan fingerprint density at radius 1 is 1.43 bits per heavy atom. The Labute approximate surface area is 125 Å². The van der Waals surface area contributed by atoms with Crippen molar-refractivity contribution in [3.8, 4) is 0 Å². The molecule has 21 heavy (non-hydrogen) atoms. The number of nitrogens with zero attached hydrogens (tertiary/aromatic N) is 1. The molecule has 0 aromatic carbocycles. The van der Waals surface area contributed by atoms with E-state index in [0.717, 1.165) is 10.7 Å². The van der Waals surface area contributed by atoms with Crippen LogP contribution in [0.2, 0.25) is 0 Å². The second kappa shape index (κ2) is 6.59. The van der Waals surface area contributed by atoms with Crippen LogP contribution in [0.5, 0.6) is 0 Å². The Morgan fingerprint density at radius 3 is 2.57 bits per heavy atom. The minimum Gasteiger partial charge on any atom is -0.438 e. The maximum absolute atomic E-state index is 11.9. The third-order valence-corrected chi connectivity index (χ3v) is 4.65. The molecule has 0 spiro atoms. The Kier molecular flexibility index (Phi) is 5.54. The molecule has 1 aromatic heterocycles. The molecule has 0 aliphatic rings. The molecule has 1 aromatic rings. The van der Waals surface area contributed by atoms with Gasteiger partial charge in [-0.2, -0.15) is 0 Å². The van der Waals surface area contributed by atoms with Gasteiger partial charge in [0.1, 0.15) is 0 Å². The van der Waals surface area contributed by atoms with Crippen molar-refractivity contribution >= 4 is 15.9 Å². The zero-order valence-corrected chi connectivity index (χ0v) is 13.5. The second-order valence-electron chi connectivity index (χ2n) is 5.34. The van der Waals surface area contributed by atoms with Gasteiger partial charge in [-0.05, 0) is 25.5 Å². The summed E-state index contributed by atoms with van der Waals surface area (Å²) in [5.74, 6) is -0.672. The second-order valence-corrected chi connectivity index (χ2v) is 7.42. The van der Waals surface area contributed by atoms with E-state index in [-0.39, 0.29) is 17.4 Å². The summed E-state index contributed by atoms with van der Waals surface area (Å²) in [6, 6.07) is 2.52. The molecule has 7 nitrogen and oxygen atoms in total. The summed E-state index contributed by atoms with van der Waals surface area (Å²) >= 11 is 0. The minimum absolute atomic E-state index is 0.0656. The molecule has 0 aliphatic carbocycles. The van der Waals surface area contributed by atoms with E-state index in [1.165, 1.54) is 26.2 Å². The van der Waals surface area contributed by atoms with Crippen LogP contribution in [0.3, 0.4) is 0 Å². The highest BCUT2D eigenvalue weighted by Crippen LogP contribution is 2.17. The van der Waals surface area contributed by atoms with E-state index < -0.39 is 21.5 Å². The van der Waals surface area contributed by atoms with Crippen LogP contribution in [-0.2, 0) is 10.0 Å². The Hall–Kier alpha value is -1.38.